The van der Waals surface area contributed by atoms with Crippen molar-refractivity contribution >= 4 is 23.6 Å². The summed E-state index contributed by atoms with van der Waals surface area (Å²) in [7, 11) is 0. The number of urea groups is 1. The van der Waals surface area contributed by atoms with Crippen molar-refractivity contribution in [2.24, 2.45) is 16.6 Å². The highest BCUT2D eigenvalue weighted by molar-refractivity contribution is 6.10. The topological polar surface area (TPSA) is 97.3 Å². The lowest BCUT2D eigenvalue weighted by Crippen LogP contribution is -2.27. The number of aliphatic imine (C=N–C) groups is 1. The highest BCUT2D eigenvalue weighted by Gasteiger charge is 2.31. The Morgan fingerprint density at radius 1 is 1.32 bits per heavy atom. The van der Waals surface area contributed by atoms with E-state index in [4.69, 9.17) is 5.73 Å². The molecular formula is C18H20N6O. The summed E-state index contributed by atoms with van der Waals surface area (Å²) in [5.41, 5.74) is 8.67. The first-order chi connectivity index (χ1) is 12.1. The number of nitrogens with zero attached hydrogens (tertiary/aromatic N) is 3. The zero-order valence-corrected chi connectivity index (χ0v) is 13.9. The summed E-state index contributed by atoms with van der Waals surface area (Å²) in [5, 5.41) is 10.7. The normalized spacial score (nSPS) is 19.2. The average Bonchev–Trinajstić information content (AvgIpc) is 3.42. The monoisotopic (exact) mass is 336 g/mol. The molecule has 1 aromatic carbocycles. The predicted octanol–water partition coefficient (Wildman–Crippen LogP) is 2.42. The Balaban J connectivity index is 1.72. The lowest BCUT2D eigenvalue weighted by molar-refractivity contribution is 0.259. The fraction of sp³-hybridized carbons (Fsp3) is 0.278. The van der Waals surface area contributed by atoms with Crippen molar-refractivity contribution < 1.29 is 4.79 Å². The van der Waals surface area contributed by atoms with E-state index >= 15 is 0 Å². The van der Waals surface area contributed by atoms with Crippen molar-refractivity contribution in [1.29, 1.82) is 0 Å². The molecule has 1 aliphatic carbocycles. The van der Waals surface area contributed by atoms with Crippen molar-refractivity contribution in [2.45, 2.75) is 25.9 Å². The SMILES string of the molecule is Cc1c(C2=CNC(C3CC3)N=C2)nn(-c2ccccc2)c1NC(N)=O. The smallest absolute Gasteiger partial charge is 0.317 e. The Kier molecular flexibility index (Phi) is 3.76. The van der Waals surface area contributed by atoms with Crippen LogP contribution in [0.2, 0.25) is 0 Å². The molecule has 1 unspecified atom stereocenters. The van der Waals surface area contributed by atoms with E-state index in [-0.39, 0.29) is 6.17 Å². The maximum atomic E-state index is 11.4. The summed E-state index contributed by atoms with van der Waals surface area (Å²) in [6, 6.07) is 9.00. The number of hydrogen-bond acceptors (Lipinski definition) is 4. The fourth-order valence-electron chi connectivity index (χ4n) is 3.00. The van der Waals surface area contributed by atoms with Gasteiger partial charge in [0.25, 0.3) is 0 Å². The number of amides is 2. The zero-order chi connectivity index (χ0) is 17.4. The summed E-state index contributed by atoms with van der Waals surface area (Å²) in [6.45, 7) is 1.91. The average molecular weight is 336 g/mol. The molecule has 4 rings (SSSR count). The van der Waals surface area contributed by atoms with Gasteiger partial charge < -0.3 is 11.1 Å². The van der Waals surface area contributed by atoms with Crippen LogP contribution in [0.4, 0.5) is 10.6 Å². The Morgan fingerprint density at radius 3 is 2.68 bits per heavy atom. The maximum Gasteiger partial charge on any atom is 0.317 e. The van der Waals surface area contributed by atoms with Gasteiger partial charge in [-0.1, -0.05) is 18.2 Å². The summed E-state index contributed by atoms with van der Waals surface area (Å²) in [4.78, 5) is 16.0. The summed E-state index contributed by atoms with van der Waals surface area (Å²) in [6.07, 6.45) is 6.44. The first-order valence-electron chi connectivity index (χ1n) is 8.35. The molecule has 25 heavy (non-hydrogen) atoms. The van der Waals surface area contributed by atoms with Crippen LogP contribution in [-0.4, -0.2) is 28.2 Å². The molecule has 1 aromatic heterocycles. The molecule has 0 spiro atoms. The number of primary amides is 1. The number of hydrogen-bond donors (Lipinski definition) is 3. The molecule has 0 bridgehead atoms. The number of rotatable bonds is 4. The van der Waals surface area contributed by atoms with Gasteiger partial charge in [-0.25, -0.2) is 9.48 Å². The van der Waals surface area contributed by atoms with Crippen LogP contribution in [-0.2, 0) is 0 Å². The van der Waals surface area contributed by atoms with Crippen molar-refractivity contribution in [3.63, 3.8) is 0 Å². The minimum atomic E-state index is -0.620. The van der Waals surface area contributed by atoms with E-state index in [0.29, 0.717) is 11.7 Å². The molecule has 2 aliphatic rings. The zero-order valence-electron chi connectivity index (χ0n) is 13.9. The van der Waals surface area contributed by atoms with Gasteiger partial charge in [0.2, 0.25) is 0 Å². The third-order valence-corrected chi connectivity index (χ3v) is 4.49. The molecular weight excluding hydrogens is 316 g/mol. The maximum absolute atomic E-state index is 11.4. The van der Waals surface area contributed by atoms with Crippen molar-refractivity contribution in [2.75, 3.05) is 5.32 Å². The minimum Gasteiger partial charge on any atom is -0.369 e. The second-order valence-corrected chi connectivity index (χ2v) is 6.39. The first-order valence-corrected chi connectivity index (χ1v) is 8.35. The van der Waals surface area contributed by atoms with Gasteiger partial charge in [0.05, 0.1) is 5.69 Å². The molecule has 1 atom stereocenters. The second-order valence-electron chi connectivity index (χ2n) is 6.39. The highest BCUT2D eigenvalue weighted by atomic mass is 16.2. The number of nitrogens with two attached hydrogens (primary N) is 1. The molecule has 4 N–H and O–H groups in total. The minimum absolute atomic E-state index is 0.170. The van der Waals surface area contributed by atoms with Crippen LogP contribution in [0.25, 0.3) is 11.3 Å². The molecule has 1 saturated carbocycles. The molecule has 0 radical (unpaired) electrons. The van der Waals surface area contributed by atoms with Gasteiger partial charge in [-0.3, -0.25) is 10.3 Å². The Morgan fingerprint density at radius 2 is 2.08 bits per heavy atom. The molecule has 7 heteroatoms. The number of benzene rings is 1. The molecule has 1 aliphatic heterocycles. The Hall–Kier alpha value is -3.09. The lowest BCUT2D eigenvalue weighted by Gasteiger charge is -2.16. The van der Waals surface area contributed by atoms with Gasteiger partial charge in [-0.15, -0.1) is 0 Å². The molecule has 7 nitrogen and oxygen atoms in total. The number of allylic oxidation sites excluding steroid dienone is 1. The molecule has 2 aromatic rings. The third kappa shape index (κ3) is 3.00. The van der Waals surface area contributed by atoms with Crippen LogP contribution in [0.15, 0.2) is 41.5 Å². The van der Waals surface area contributed by atoms with Crippen LogP contribution < -0.4 is 16.4 Å². The van der Waals surface area contributed by atoms with E-state index in [1.807, 2.05) is 49.7 Å². The van der Waals surface area contributed by atoms with Gasteiger partial charge in [0.15, 0.2) is 0 Å². The van der Waals surface area contributed by atoms with E-state index in [9.17, 15) is 4.79 Å². The van der Waals surface area contributed by atoms with Crippen molar-refractivity contribution in [1.82, 2.24) is 15.1 Å². The van der Waals surface area contributed by atoms with E-state index < -0.39 is 6.03 Å². The number of aromatic nitrogens is 2. The Labute approximate surface area is 145 Å². The summed E-state index contributed by atoms with van der Waals surface area (Å²) >= 11 is 0. The van der Waals surface area contributed by atoms with Crippen LogP contribution in [0, 0.1) is 12.8 Å². The standard InChI is InChI=1S/C18H20N6O/c1-11-15(13-9-20-16(21-10-13)12-7-8-12)23-24(17(11)22-18(19)25)14-5-3-2-4-6-14/h2-6,9-10,12,16,20H,7-8H2,1H3,(H3,19,22,25). The van der Waals surface area contributed by atoms with Gasteiger partial charge in [0.1, 0.15) is 17.7 Å². The molecule has 2 amide bonds. The van der Waals surface area contributed by atoms with E-state index in [1.165, 1.54) is 12.8 Å². The number of nitrogens with one attached hydrogen (secondary N) is 2. The largest absolute Gasteiger partial charge is 0.369 e. The quantitative estimate of drug-likeness (QED) is 0.800. The highest BCUT2D eigenvalue weighted by Crippen LogP contribution is 2.35. The van der Waals surface area contributed by atoms with E-state index in [0.717, 1.165) is 22.5 Å². The molecule has 1 fully saturated rings. The van der Waals surface area contributed by atoms with Crippen LogP contribution >= 0.6 is 0 Å². The molecule has 128 valence electrons. The second kappa shape index (κ2) is 6.08. The third-order valence-electron chi connectivity index (χ3n) is 4.49. The molecule has 2 heterocycles. The van der Waals surface area contributed by atoms with Crippen LogP contribution in [0.1, 0.15) is 24.1 Å². The van der Waals surface area contributed by atoms with Gasteiger partial charge in [0, 0.05) is 23.6 Å². The molecule has 0 saturated heterocycles. The summed E-state index contributed by atoms with van der Waals surface area (Å²) < 4.78 is 1.69. The van der Waals surface area contributed by atoms with Gasteiger partial charge in [-0.05, 0) is 37.8 Å². The number of anilines is 1. The lowest BCUT2D eigenvalue weighted by atomic mass is 10.1. The number of carbonyl (C=O) groups is 1. The predicted molar refractivity (Wildman–Crippen MR) is 97.6 cm³/mol. The fourth-order valence-corrected chi connectivity index (χ4v) is 3.00. The van der Waals surface area contributed by atoms with Gasteiger partial charge >= 0.3 is 6.03 Å². The van der Waals surface area contributed by atoms with E-state index in [2.05, 4.69) is 20.7 Å². The summed E-state index contributed by atoms with van der Waals surface area (Å²) in [5.74, 6) is 1.21. The van der Waals surface area contributed by atoms with Gasteiger partial charge in [-0.2, -0.15) is 5.10 Å². The Bertz CT molecular complexity index is 863. The van der Waals surface area contributed by atoms with Crippen molar-refractivity contribution in [3.8, 4) is 5.69 Å². The first kappa shape index (κ1) is 15.4. The van der Waals surface area contributed by atoms with Crippen LogP contribution in [0.5, 0.6) is 0 Å². The number of para-hydroxylation sites is 1. The number of carbonyl (C=O) groups excluding carboxylic acids is 1. The van der Waals surface area contributed by atoms with E-state index in [1.54, 1.807) is 4.68 Å². The van der Waals surface area contributed by atoms with Crippen LogP contribution in [0.3, 0.4) is 0 Å². The van der Waals surface area contributed by atoms with Crippen molar-refractivity contribution in [3.05, 3.63) is 47.8 Å².